The van der Waals surface area contributed by atoms with Gasteiger partial charge in [-0.1, -0.05) is 0 Å². The SMILES string of the molecule is [B]OC(=O)[C@@H]1N2C(=O)CC2S[C@@]1(C)Cn1cnc(C)c1. The highest BCUT2D eigenvalue weighted by Crippen LogP contribution is 2.51. The first-order valence-corrected chi connectivity index (χ1v) is 7.20. The van der Waals surface area contributed by atoms with Crippen LogP contribution in [0.5, 0.6) is 0 Å². The Hall–Kier alpha value is -1.44. The number of β-lactam (4-membered cyclic amide) rings is 1. The van der Waals surface area contributed by atoms with Gasteiger partial charge >= 0.3 is 14.0 Å². The van der Waals surface area contributed by atoms with E-state index in [1.165, 1.54) is 0 Å². The average Bonchev–Trinajstić information content (AvgIpc) is 2.88. The summed E-state index contributed by atoms with van der Waals surface area (Å²) in [6, 6.07) is -0.647. The largest absolute Gasteiger partial charge is 0.542 e. The van der Waals surface area contributed by atoms with Crippen LogP contribution >= 0.6 is 11.8 Å². The summed E-state index contributed by atoms with van der Waals surface area (Å²) in [5.41, 5.74) is 0.911. The van der Waals surface area contributed by atoms with Crippen LogP contribution in [0.3, 0.4) is 0 Å². The van der Waals surface area contributed by atoms with Crippen LogP contribution in [-0.2, 0) is 20.8 Å². The second-order valence-electron chi connectivity index (χ2n) is 5.42. The summed E-state index contributed by atoms with van der Waals surface area (Å²) in [5, 5.41) is 0.0428. The van der Waals surface area contributed by atoms with Crippen LogP contribution in [0.2, 0.25) is 0 Å². The third kappa shape index (κ3) is 1.93. The van der Waals surface area contributed by atoms with E-state index in [9.17, 15) is 9.59 Å². The number of hydrogen-bond donors (Lipinski definition) is 0. The lowest BCUT2D eigenvalue weighted by Gasteiger charge is -2.37. The van der Waals surface area contributed by atoms with Crippen molar-refractivity contribution in [3.63, 3.8) is 0 Å². The number of nitrogens with zero attached hydrogens (tertiary/aromatic N) is 3. The third-order valence-corrected chi connectivity index (χ3v) is 5.36. The van der Waals surface area contributed by atoms with Crippen molar-refractivity contribution < 1.29 is 14.2 Å². The van der Waals surface area contributed by atoms with Crippen molar-refractivity contribution in [2.24, 2.45) is 0 Å². The Kier molecular flexibility index (Phi) is 3.08. The minimum absolute atomic E-state index is 0.0246. The Morgan fingerprint density at radius 2 is 2.45 bits per heavy atom. The molecule has 3 heterocycles. The Morgan fingerprint density at radius 1 is 1.70 bits per heavy atom. The van der Waals surface area contributed by atoms with Crippen molar-refractivity contribution >= 4 is 31.7 Å². The molecule has 1 unspecified atom stereocenters. The number of imidazole rings is 1. The number of rotatable bonds is 3. The summed E-state index contributed by atoms with van der Waals surface area (Å²) in [6.45, 7) is 4.43. The number of carbonyl (C=O) groups is 2. The fourth-order valence-electron chi connectivity index (χ4n) is 2.95. The van der Waals surface area contributed by atoms with Crippen molar-refractivity contribution in [1.29, 1.82) is 0 Å². The molecule has 0 saturated carbocycles. The van der Waals surface area contributed by atoms with E-state index in [4.69, 9.17) is 8.05 Å². The van der Waals surface area contributed by atoms with Gasteiger partial charge in [-0.15, -0.1) is 11.8 Å². The number of thioether (sulfide) groups is 1. The van der Waals surface area contributed by atoms with E-state index in [0.29, 0.717) is 13.0 Å². The maximum Gasteiger partial charge on any atom is 0.378 e. The van der Waals surface area contributed by atoms with Crippen molar-refractivity contribution in [2.45, 2.75) is 43.0 Å². The summed E-state index contributed by atoms with van der Waals surface area (Å²) < 4.78 is 5.86. The molecule has 0 bridgehead atoms. The fourth-order valence-corrected chi connectivity index (χ4v) is 4.71. The Morgan fingerprint density at radius 3 is 3.00 bits per heavy atom. The molecule has 2 fully saturated rings. The molecule has 20 heavy (non-hydrogen) atoms. The van der Waals surface area contributed by atoms with Gasteiger partial charge in [-0.2, -0.15) is 0 Å². The lowest BCUT2D eigenvalue weighted by Crippen LogP contribution is -2.58. The number of fused-ring (bicyclic) bond motifs is 1. The summed E-state index contributed by atoms with van der Waals surface area (Å²) >= 11 is 1.62. The first kappa shape index (κ1) is 13.5. The molecule has 0 aliphatic carbocycles. The molecule has 6 nitrogen and oxygen atoms in total. The Balaban J connectivity index is 1.89. The van der Waals surface area contributed by atoms with Gasteiger partial charge < -0.3 is 14.1 Å². The summed E-state index contributed by atoms with van der Waals surface area (Å²) in [5.74, 6) is -0.587. The monoisotopic (exact) mass is 291 g/mol. The fraction of sp³-hybridized carbons (Fsp3) is 0.583. The smallest absolute Gasteiger partial charge is 0.378 e. The van der Waals surface area contributed by atoms with Gasteiger partial charge in [-0.3, -0.25) is 9.59 Å². The maximum atomic E-state index is 12.0. The minimum atomic E-state index is -0.647. The molecule has 1 amide bonds. The number of hydrogen-bond acceptors (Lipinski definition) is 5. The molecular formula is C12H14BN3O3S. The standard InChI is InChI=1S/C12H14BN3O3S/c1-7-4-15(6-14-7)5-12(2)10(11(18)19-13)16-8(17)3-9(16)20-12/h4,6,9-10H,3,5H2,1-2H3/t9?,10-,12-/m0/s1. The number of aryl methyl sites for hydroxylation is 1. The number of aromatic nitrogens is 2. The van der Waals surface area contributed by atoms with Gasteiger partial charge in [0.25, 0.3) is 0 Å². The highest BCUT2D eigenvalue weighted by molar-refractivity contribution is 8.01. The van der Waals surface area contributed by atoms with E-state index in [-0.39, 0.29) is 11.3 Å². The van der Waals surface area contributed by atoms with Gasteiger partial charge in [0, 0.05) is 12.7 Å². The molecule has 104 valence electrons. The molecule has 1 aromatic heterocycles. The predicted octanol–water partition coefficient (Wildman–Crippen LogP) is 0.251. The zero-order valence-corrected chi connectivity index (χ0v) is 12.1. The van der Waals surface area contributed by atoms with Crippen molar-refractivity contribution in [1.82, 2.24) is 14.5 Å². The molecule has 1 aromatic rings. The molecular weight excluding hydrogens is 277 g/mol. The normalized spacial score (nSPS) is 31.9. The van der Waals surface area contributed by atoms with Gasteiger partial charge in [-0.05, 0) is 13.8 Å². The van der Waals surface area contributed by atoms with Gasteiger partial charge in [0.2, 0.25) is 5.91 Å². The Labute approximate surface area is 122 Å². The van der Waals surface area contributed by atoms with E-state index in [1.54, 1.807) is 23.0 Å². The number of carbonyl (C=O) groups excluding carboxylic acids is 2. The van der Waals surface area contributed by atoms with Crippen LogP contribution in [-0.4, -0.2) is 50.5 Å². The summed E-state index contributed by atoms with van der Waals surface area (Å²) in [7, 11) is 5.03. The van der Waals surface area contributed by atoms with Crippen LogP contribution in [0.15, 0.2) is 12.5 Å². The highest BCUT2D eigenvalue weighted by atomic mass is 32.2. The molecule has 3 atom stereocenters. The highest BCUT2D eigenvalue weighted by Gasteiger charge is 2.60. The second-order valence-corrected chi connectivity index (χ2v) is 7.13. The lowest BCUT2D eigenvalue weighted by molar-refractivity contribution is -0.155. The molecule has 2 aliphatic rings. The molecule has 2 saturated heterocycles. The quantitative estimate of drug-likeness (QED) is 0.590. The zero-order chi connectivity index (χ0) is 14.5. The average molecular weight is 291 g/mol. The van der Waals surface area contributed by atoms with E-state index in [1.807, 2.05) is 24.6 Å². The topological polar surface area (TPSA) is 64.4 Å². The van der Waals surface area contributed by atoms with Crippen LogP contribution in [0.4, 0.5) is 0 Å². The zero-order valence-electron chi connectivity index (χ0n) is 11.3. The Bertz CT molecular complexity index is 578. The molecule has 2 aliphatic heterocycles. The molecule has 2 radical (unpaired) electrons. The lowest BCUT2D eigenvalue weighted by atomic mass is 9.96. The minimum Gasteiger partial charge on any atom is -0.542 e. The van der Waals surface area contributed by atoms with Crippen LogP contribution < -0.4 is 0 Å². The second kappa shape index (κ2) is 4.54. The maximum absolute atomic E-state index is 12.0. The predicted molar refractivity (Wildman–Crippen MR) is 73.8 cm³/mol. The van der Waals surface area contributed by atoms with E-state index in [2.05, 4.69) is 9.64 Å². The van der Waals surface area contributed by atoms with E-state index < -0.39 is 16.8 Å². The van der Waals surface area contributed by atoms with Crippen molar-refractivity contribution in [3.8, 4) is 0 Å². The molecule has 3 rings (SSSR count). The summed E-state index contributed by atoms with van der Waals surface area (Å²) in [4.78, 5) is 29.5. The van der Waals surface area contributed by atoms with Crippen molar-refractivity contribution in [2.75, 3.05) is 0 Å². The molecule has 0 aromatic carbocycles. The van der Waals surface area contributed by atoms with Gasteiger partial charge in [0.1, 0.15) is 6.04 Å². The van der Waals surface area contributed by atoms with Crippen LogP contribution in [0.25, 0.3) is 0 Å². The van der Waals surface area contributed by atoms with E-state index in [0.717, 1.165) is 5.69 Å². The molecule has 8 heteroatoms. The third-order valence-electron chi connectivity index (χ3n) is 3.81. The summed E-state index contributed by atoms with van der Waals surface area (Å²) in [6.07, 6.45) is 4.11. The van der Waals surface area contributed by atoms with Gasteiger partial charge in [0.05, 0.1) is 28.6 Å². The molecule has 0 N–H and O–H groups in total. The first-order chi connectivity index (χ1) is 9.44. The molecule has 0 spiro atoms. The van der Waals surface area contributed by atoms with Gasteiger partial charge in [-0.25, -0.2) is 4.98 Å². The first-order valence-electron chi connectivity index (χ1n) is 6.32. The van der Waals surface area contributed by atoms with Crippen LogP contribution in [0, 0.1) is 6.92 Å². The van der Waals surface area contributed by atoms with Crippen LogP contribution in [0.1, 0.15) is 19.0 Å². The van der Waals surface area contributed by atoms with Gasteiger partial charge in [0.15, 0.2) is 0 Å². The van der Waals surface area contributed by atoms with Crippen molar-refractivity contribution in [3.05, 3.63) is 18.2 Å². The van der Waals surface area contributed by atoms with E-state index >= 15 is 0 Å². The number of amides is 1.